The molecule has 9 heteroatoms. The Balaban J connectivity index is 1.28. The van der Waals surface area contributed by atoms with Crippen molar-refractivity contribution in [3.8, 4) is 11.5 Å². The molecule has 172 valence electrons. The van der Waals surface area contributed by atoms with Gasteiger partial charge in [0.2, 0.25) is 5.91 Å². The molecule has 2 heterocycles. The van der Waals surface area contributed by atoms with Crippen LogP contribution >= 0.6 is 11.8 Å². The number of hydrogen-bond donors (Lipinski definition) is 1. The average molecular weight is 476 g/mol. The molecule has 0 saturated heterocycles. The predicted octanol–water partition coefficient (Wildman–Crippen LogP) is 5.10. The third-order valence-corrected chi connectivity index (χ3v) is 6.48. The molecular weight excluding hydrogens is 454 g/mol. The first-order chi connectivity index (χ1) is 16.6. The van der Waals surface area contributed by atoms with Crippen molar-refractivity contribution in [3.05, 3.63) is 88.6 Å². The number of carbonyl (C=O) groups is 1. The molecule has 0 aliphatic carbocycles. The zero-order chi connectivity index (χ0) is 23.5. The molecule has 0 fully saturated rings. The summed E-state index contributed by atoms with van der Waals surface area (Å²) in [5, 5.41) is 14.9. The summed E-state index contributed by atoms with van der Waals surface area (Å²) in [6, 6.07) is 19.9. The van der Waals surface area contributed by atoms with Crippen molar-refractivity contribution in [3.63, 3.8) is 0 Å². The highest BCUT2D eigenvalue weighted by Crippen LogP contribution is 2.33. The van der Waals surface area contributed by atoms with Gasteiger partial charge in [-0.1, -0.05) is 30.3 Å². The van der Waals surface area contributed by atoms with Gasteiger partial charge in [-0.3, -0.25) is 14.9 Å². The van der Waals surface area contributed by atoms with Crippen LogP contribution in [0.3, 0.4) is 0 Å². The number of nitrogens with zero attached hydrogens (tertiary/aromatic N) is 2. The average Bonchev–Trinajstić information content (AvgIpc) is 3.20. The first kappa shape index (κ1) is 21.8. The van der Waals surface area contributed by atoms with E-state index in [-0.39, 0.29) is 17.3 Å². The fraction of sp³-hybridized carbons (Fsp3) is 0.160. The standard InChI is InChI=1S/C25H21N3O5S/c29-25(26-18-7-10-22-23(13-18)33-12-11-32-22)16-34-24-15-27(21-4-2-1-3-20(21)24)14-17-5-8-19(9-6-17)28(30)31/h1-10,13,15H,11-12,14,16H2,(H,26,29). The number of ether oxygens (including phenoxy) is 2. The zero-order valence-corrected chi connectivity index (χ0v) is 18.9. The van der Waals surface area contributed by atoms with E-state index < -0.39 is 4.92 Å². The molecule has 1 aromatic heterocycles. The van der Waals surface area contributed by atoms with Crippen molar-refractivity contribution in [2.24, 2.45) is 0 Å². The minimum Gasteiger partial charge on any atom is -0.486 e. The molecule has 0 saturated carbocycles. The van der Waals surface area contributed by atoms with Crippen LogP contribution in [0.2, 0.25) is 0 Å². The summed E-state index contributed by atoms with van der Waals surface area (Å²) in [4.78, 5) is 24.1. The molecule has 0 radical (unpaired) electrons. The molecule has 1 aliphatic rings. The van der Waals surface area contributed by atoms with Gasteiger partial charge < -0.3 is 19.4 Å². The second kappa shape index (κ2) is 9.48. The fourth-order valence-corrected chi connectivity index (χ4v) is 4.73. The number of aromatic nitrogens is 1. The number of thioether (sulfide) groups is 1. The van der Waals surface area contributed by atoms with Crippen LogP contribution in [0.25, 0.3) is 10.9 Å². The Morgan fingerprint density at radius 3 is 2.59 bits per heavy atom. The Kier molecular flexibility index (Phi) is 6.09. The minimum atomic E-state index is -0.403. The van der Waals surface area contributed by atoms with E-state index in [9.17, 15) is 14.9 Å². The number of fused-ring (bicyclic) bond motifs is 2. The number of anilines is 1. The highest BCUT2D eigenvalue weighted by atomic mass is 32.2. The number of carbonyl (C=O) groups excluding carboxylic acids is 1. The molecule has 34 heavy (non-hydrogen) atoms. The molecule has 0 atom stereocenters. The fourth-order valence-electron chi connectivity index (χ4n) is 3.84. The molecule has 0 unspecified atom stereocenters. The van der Waals surface area contributed by atoms with Crippen LogP contribution in [0.4, 0.5) is 11.4 Å². The van der Waals surface area contributed by atoms with Crippen LogP contribution in [0, 0.1) is 10.1 Å². The number of nitro benzene ring substituents is 1. The summed E-state index contributed by atoms with van der Waals surface area (Å²) >= 11 is 1.47. The van der Waals surface area contributed by atoms with E-state index in [0.717, 1.165) is 21.4 Å². The van der Waals surface area contributed by atoms with Crippen LogP contribution < -0.4 is 14.8 Å². The van der Waals surface area contributed by atoms with Gasteiger partial charge in [-0.25, -0.2) is 0 Å². The summed E-state index contributed by atoms with van der Waals surface area (Å²) in [5.74, 6) is 1.44. The lowest BCUT2D eigenvalue weighted by Crippen LogP contribution is -2.17. The normalized spacial score (nSPS) is 12.5. The second-order valence-corrected chi connectivity index (χ2v) is 8.77. The Hall–Kier alpha value is -3.98. The maximum atomic E-state index is 12.6. The molecular formula is C25H21N3O5S. The van der Waals surface area contributed by atoms with E-state index in [1.54, 1.807) is 30.3 Å². The van der Waals surface area contributed by atoms with Gasteiger partial charge in [0, 0.05) is 52.4 Å². The van der Waals surface area contributed by atoms with E-state index in [4.69, 9.17) is 9.47 Å². The van der Waals surface area contributed by atoms with Crippen molar-refractivity contribution in [1.82, 2.24) is 4.57 Å². The summed E-state index contributed by atoms with van der Waals surface area (Å²) < 4.78 is 13.2. The largest absolute Gasteiger partial charge is 0.486 e. The third kappa shape index (κ3) is 4.69. The van der Waals surface area contributed by atoms with Crippen LogP contribution in [0.1, 0.15) is 5.56 Å². The molecule has 5 rings (SSSR count). The molecule has 1 amide bonds. The highest BCUT2D eigenvalue weighted by molar-refractivity contribution is 8.00. The first-order valence-corrected chi connectivity index (χ1v) is 11.7. The van der Waals surface area contributed by atoms with Gasteiger partial charge in [0.1, 0.15) is 13.2 Å². The molecule has 8 nitrogen and oxygen atoms in total. The van der Waals surface area contributed by atoms with Gasteiger partial charge in [-0.05, 0) is 23.8 Å². The van der Waals surface area contributed by atoms with Gasteiger partial charge in [0.15, 0.2) is 11.5 Å². The van der Waals surface area contributed by atoms with E-state index in [0.29, 0.717) is 36.9 Å². The number of para-hydroxylation sites is 1. The lowest BCUT2D eigenvalue weighted by molar-refractivity contribution is -0.384. The number of nitro groups is 1. The molecule has 3 aromatic carbocycles. The van der Waals surface area contributed by atoms with Gasteiger partial charge in [-0.15, -0.1) is 11.8 Å². The summed E-state index contributed by atoms with van der Waals surface area (Å²) in [7, 11) is 0. The van der Waals surface area contributed by atoms with E-state index in [1.165, 1.54) is 23.9 Å². The van der Waals surface area contributed by atoms with Crippen LogP contribution in [0.5, 0.6) is 11.5 Å². The van der Waals surface area contributed by atoms with Crippen molar-refractivity contribution in [1.29, 1.82) is 0 Å². The Labute approximate surface area is 199 Å². The van der Waals surface area contributed by atoms with Crippen LogP contribution in [-0.4, -0.2) is 34.4 Å². The van der Waals surface area contributed by atoms with Gasteiger partial charge in [0.05, 0.1) is 10.7 Å². The quantitative estimate of drug-likeness (QED) is 0.227. The molecule has 0 spiro atoms. The van der Waals surface area contributed by atoms with E-state index in [1.807, 2.05) is 30.5 Å². The monoisotopic (exact) mass is 475 g/mol. The summed E-state index contributed by atoms with van der Waals surface area (Å²) in [5.41, 5.74) is 2.73. The zero-order valence-electron chi connectivity index (χ0n) is 18.1. The van der Waals surface area contributed by atoms with Crippen LogP contribution in [0.15, 0.2) is 77.8 Å². The topological polar surface area (TPSA) is 95.6 Å². The molecule has 4 aromatic rings. The van der Waals surface area contributed by atoms with Crippen molar-refractivity contribution in [2.75, 3.05) is 24.3 Å². The minimum absolute atomic E-state index is 0.0707. The van der Waals surface area contributed by atoms with Crippen molar-refractivity contribution in [2.45, 2.75) is 11.4 Å². The van der Waals surface area contributed by atoms with Gasteiger partial charge >= 0.3 is 0 Å². The Bertz CT molecular complexity index is 1370. The van der Waals surface area contributed by atoms with Crippen molar-refractivity contribution < 1.29 is 19.2 Å². The smallest absolute Gasteiger partial charge is 0.269 e. The lowest BCUT2D eigenvalue weighted by atomic mass is 10.2. The van der Waals surface area contributed by atoms with Crippen LogP contribution in [-0.2, 0) is 11.3 Å². The maximum Gasteiger partial charge on any atom is 0.269 e. The molecule has 1 N–H and O–H groups in total. The number of hydrogen-bond acceptors (Lipinski definition) is 6. The first-order valence-electron chi connectivity index (χ1n) is 10.7. The number of non-ortho nitro benzene ring substituents is 1. The molecule has 1 aliphatic heterocycles. The summed E-state index contributed by atoms with van der Waals surface area (Å²) in [6.45, 7) is 1.58. The number of nitrogens with one attached hydrogen (secondary N) is 1. The molecule has 0 bridgehead atoms. The van der Waals surface area contributed by atoms with Gasteiger partial charge in [-0.2, -0.15) is 0 Å². The summed E-state index contributed by atoms with van der Waals surface area (Å²) in [6.07, 6.45) is 2.02. The second-order valence-electron chi connectivity index (χ2n) is 7.76. The lowest BCUT2D eigenvalue weighted by Gasteiger charge is -2.19. The third-order valence-electron chi connectivity index (χ3n) is 5.44. The van der Waals surface area contributed by atoms with Crippen molar-refractivity contribution >= 4 is 39.9 Å². The van der Waals surface area contributed by atoms with Gasteiger partial charge in [0.25, 0.3) is 5.69 Å². The maximum absolute atomic E-state index is 12.6. The Morgan fingerprint density at radius 1 is 1.03 bits per heavy atom. The Morgan fingerprint density at radius 2 is 1.79 bits per heavy atom. The number of benzene rings is 3. The number of amides is 1. The predicted molar refractivity (Wildman–Crippen MR) is 131 cm³/mol. The SMILES string of the molecule is O=C(CSc1cn(Cc2ccc([N+](=O)[O-])cc2)c2ccccc12)Nc1ccc2c(c1)OCCO2. The van der Waals surface area contributed by atoms with E-state index in [2.05, 4.69) is 9.88 Å². The van der Waals surface area contributed by atoms with E-state index >= 15 is 0 Å². The highest BCUT2D eigenvalue weighted by Gasteiger charge is 2.15. The number of rotatable bonds is 7.